The number of nitrogens with two attached hydrogens (primary N) is 1. The number of benzene rings is 2. The standard InChI is InChI=1S/C14H13F2NO/c15-11-6-12(16)8-13(7-11)18-9-14(17)10-4-2-1-3-5-10/h1-8,14H,9,17H2. The van der Waals surface area contributed by atoms with Crippen LogP contribution in [0.3, 0.4) is 0 Å². The lowest BCUT2D eigenvalue weighted by molar-refractivity contribution is 0.288. The molecule has 0 aliphatic heterocycles. The van der Waals surface area contributed by atoms with E-state index in [0.29, 0.717) is 0 Å². The molecular formula is C14H13F2NO. The van der Waals surface area contributed by atoms with Crippen LogP contribution < -0.4 is 10.5 Å². The molecule has 0 amide bonds. The van der Waals surface area contributed by atoms with Crippen molar-refractivity contribution >= 4 is 0 Å². The second kappa shape index (κ2) is 5.60. The fourth-order valence-corrected chi connectivity index (χ4v) is 1.59. The Kier molecular flexibility index (Phi) is 3.89. The van der Waals surface area contributed by atoms with E-state index in [1.807, 2.05) is 30.3 Å². The van der Waals surface area contributed by atoms with E-state index in [-0.39, 0.29) is 18.4 Å². The summed E-state index contributed by atoms with van der Waals surface area (Å²) in [5.41, 5.74) is 6.82. The minimum absolute atomic E-state index is 0.138. The van der Waals surface area contributed by atoms with Crippen LogP contribution in [0.5, 0.6) is 5.75 Å². The molecule has 0 aliphatic rings. The van der Waals surface area contributed by atoms with Crippen LogP contribution in [-0.4, -0.2) is 6.61 Å². The number of hydrogen-bond donors (Lipinski definition) is 1. The lowest BCUT2D eigenvalue weighted by atomic mass is 10.1. The third-order valence-corrected chi connectivity index (χ3v) is 2.49. The summed E-state index contributed by atoms with van der Waals surface area (Å²) >= 11 is 0. The highest BCUT2D eigenvalue weighted by Crippen LogP contribution is 2.17. The van der Waals surface area contributed by atoms with Gasteiger partial charge in [0, 0.05) is 18.2 Å². The van der Waals surface area contributed by atoms with Crippen LogP contribution >= 0.6 is 0 Å². The van der Waals surface area contributed by atoms with Gasteiger partial charge in [-0.05, 0) is 5.56 Å². The van der Waals surface area contributed by atoms with E-state index in [2.05, 4.69) is 0 Å². The predicted octanol–water partition coefficient (Wildman–Crippen LogP) is 3.04. The molecule has 0 aliphatic carbocycles. The SMILES string of the molecule is NC(COc1cc(F)cc(F)c1)c1ccccc1. The summed E-state index contributed by atoms with van der Waals surface area (Å²) in [6.45, 7) is 0.160. The second-order valence-corrected chi connectivity index (χ2v) is 3.93. The smallest absolute Gasteiger partial charge is 0.129 e. The lowest BCUT2D eigenvalue weighted by Gasteiger charge is -2.13. The fourth-order valence-electron chi connectivity index (χ4n) is 1.59. The molecular weight excluding hydrogens is 236 g/mol. The topological polar surface area (TPSA) is 35.2 Å². The van der Waals surface area contributed by atoms with Gasteiger partial charge in [0.25, 0.3) is 0 Å². The van der Waals surface area contributed by atoms with Crippen LogP contribution in [0.25, 0.3) is 0 Å². The van der Waals surface area contributed by atoms with Gasteiger partial charge in [0.15, 0.2) is 0 Å². The van der Waals surface area contributed by atoms with Crippen LogP contribution in [0.4, 0.5) is 8.78 Å². The maximum Gasteiger partial charge on any atom is 0.129 e. The van der Waals surface area contributed by atoms with Gasteiger partial charge in [0.2, 0.25) is 0 Å². The van der Waals surface area contributed by atoms with Crippen molar-refractivity contribution < 1.29 is 13.5 Å². The first-order valence-electron chi connectivity index (χ1n) is 5.54. The minimum atomic E-state index is -0.668. The van der Waals surface area contributed by atoms with Crippen molar-refractivity contribution in [2.24, 2.45) is 5.73 Å². The molecule has 0 bridgehead atoms. The Hall–Kier alpha value is -1.94. The van der Waals surface area contributed by atoms with Crippen molar-refractivity contribution in [3.8, 4) is 5.75 Å². The summed E-state index contributed by atoms with van der Waals surface area (Å²) in [7, 11) is 0. The Morgan fingerprint density at radius 1 is 1.00 bits per heavy atom. The molecule has 0 saturated carbocycles. The van der Waals surface area contributed by atoms with E-state index in [0.717, 1.165) is 23.8 Å². The number of hydrogen-bond acceptors (Lipinski definition) is 2. The molecule has 1 atom stereocenters. The van der Waals surface area contributed by atoms with Gasteiger partial charge in [-0.1, -0.05) is 30.3 Å². The number of rotatable bonds is 4. The maximum absolute atomic E-state index is 12.9. The average Bonchev–Trinajstić information content (AvgIpc) is 2.36. The molecule has 4 heteroatoms. The zero-order valence-electron chi connectivity index (χ0n) is 9.64. The van der Waals surface area contributed by atoms with Gasteiger partial charge in [0.05, 0.1) is 6.04 Å². The zero-order valence-corrected chi connectivity index (χ0v) is 9.64. The Labute approximate surface area is 104 Å². The van der Waals surface area contributed by atoms with Crippen LogP contribution in [0.1, 0.15) is 11.6 Å². The van der Waals surface area contributed by atoms with E-state index in [1.54, 1.807) is 0 Å². The third-order valence-electron chi connectivity index (χ3n) is 2.49. The first kappa shape index (κ1) is 12.5. The second-order valence-electron chi connectivity index (χ2n) is 3.93. The molecule has 2 nitrogen and oxygen atoms in total. The van der Waals surface area contributed by atoms with Crippen LogP contribution in [0, 0.1) is 11.6 Å². The number of halogens is 2. The average molecular weight is 249 g/mol. The highest BCUT2D eigenvalue weighted by Gasteiger charge is 2.07. The molecule has 0 radical (unpaired) electrons. The normalized spacial score (nSPS) is 12.2. The van der Waals surface area contributed by atoms with Crippen molar-refractivity contribution in [1.29, 1.82) is 0 Å². The fraction of sp³-hybridized carbons (Fsp3) is 0.143. The van der Waals surface area contributed by atoms with E-state index in [4.69, 9.17) is 10.5 Å². The van der Waals surface area contributed by atoms with Gasteiger partial charge in [0.1, 0.15) is 24.0 Å². The van der Waals surface area contributed by atoms with Crippen molar-refractivity contribution in [2.75, 3.05) is 6.61 Å². The molecule has 2 aromatic carbocycles. The van der Waals surface area contributed by atoms with Gasteiger partial charge in [-0.3, -0.25) is 0 Å². The Morgan fingerprint density at radius 3 is 2.22 bits per heavy atom. The summed E-state index contributed by atoms with van der Waals surface area (Å²) in [5.74, 6) is -1.20. The van der Waals surface area contributed by atoms with Crippen molar-refractivity contribution in [2.45, 2.75) is 6.04 Å². The molecule has 1 unspecified atom stereocenters. The highest BCUT2D eigenvalue weighted by atomic mass is 19.1. The zero-order chi connectivity index (χ0) is 13.0. The first-order valence-corrected chi connectivity index (χ1v) is 5.54. The molecule has 0 fully saturated rings. The van der Waals surface area contributed by atoms with Gasteiger partial charge in [-0.2, -0.15) is 0 Å². The van der Waals surface area contributed by atoms with E-state index in [9.17, 15) is 8.78 Å². The van der Waals surface area contributed by atoms with Gasteiger partial charge in [-0.15, -0.1) is 0 Å². The molecule has 0 aromatic heterocycles. The minimum Gasteiger partial charge on any atom is -0.491 e. The molecule has 2 N–H and O–H groups in total. The van der Waals surface area contributed by atoms with E-state index in [1.165, 1.54) is 0 Å². The summed E-state index contributed by atoms with van der Waals surface area (Å²) < 4.78 is 31.1. The van der Waals surface area contributed by atoms with Crippen molar-refractivity contribution in [3.63, 3.8) is 0 Å². The molecule has 94 valence electrons. The van der Waals surface area contributed by atoms with E-state index < -0.39 is 11.6 Å². The molecule has 2 aromatic rings. The number of ether oxygens (including phenoxy) is 1. The Balaban J connectivity index is 1.99. The van der Waals surface area contributed by atoms with Gasteiger partial charge in [-0.25, -0.2) is 8.78 Å². The Bertz CT molecular complexity index is 496. The molecule has 0 saturated heterocycles. The quantitative estimate of drug-likeness (QED) is 0.903. The molecule has 18 heavy (non-hydrogen) atoms. The largest absolute Gasteiger partial charge is 0.491 e. The van der Waals surface area contributed by atoms with Gasteiger partial charge < -0.3 is 10.5 Å². The lowest BCUT2D eigenvalue weighted by Crippen LogP contribution is -2.18. The van der Waals surface area contributed by atoms with Crippen LogP contribution in [0.2, 0.25) is 0 Å². The first-order chi connectivity index (χ1) is 8.65. The summed E-state index contributed by atoms with van der Waals surface area (Å²) in [4.78, 5) is 0. The molecule has 2 rings (SSSR count). The molecule has 0 heterocycles. The third kappa shape index (κ3) is 3.28. The van der Waals surface area contributed by atoms with E-state index >= 15 is 0 Å². The summed E-state index contributed by atoms with van der Waals surface area (Å²) in [6.07, 6.45) is 0. The monoisotopic (exact) mass is 249 g/mol. The van der Waals surface area contributed by atoms with Crippen molar-refractivity contribution in [1.82, 2.24) is 0 Å². The van der Waals surface area contributed by atoms with Crippen LogP contribution in [0.15, 0.2) is 48.5 Å². The van der Waals surface area contributed by atoms with Gasteiger partial charge >= 0.3 is 0 Å². The van der Waals surface area contributed by atoms with Crippen molar-refractivity contribution in [3.05, 3.63) is 65.7 Å². The molecule has 0 spiro atoms. The maximum atomic E-state index is 12.9. The summed E-state index contributed by atoms with van der Waals surface area (Å²) in [5, 5.41) is 0. The van der Waals surface area contributed by atoms with Crippen LogP contribution in [-0.2, 0) is 0 Å². The predicted molar refractivity (Wildman–Crippen MR) is 65.2 cm³/mol. The highest BCUT2D eigenvalue weighted by molar-refractivity contribution is 5.24. The summed E-state index contributed by atoms with van der Waals surface area (Å²) in [6, 6.07) is 12.1. The Morgan fingerprint density at radius 2 is 1.61 bits per heavy atom.